The molecule has 1 N–H and O–H groups in total. The van der Waals surface area contributed by atoms with E-state index in [0.717, 1.165) is 28.6 Å². The zero-order valence-electron chi connectivity index (χ0n) is 15.2. The van der Waals surface area contributed by atoms with E-state index in [1.54, 1.807) is 6.20 Å². The van der Waals surface area contributed by atoms with E-state index in [9.17, 15) is 4.79 Å². The Balaban J connectivity index is 1.74. The Kier molecular flexibility index (Phi) is 5.81. The first-order valence-corrected chi connectivity index (χ1v) is 8.70. The van der Waals surface area contributed by atoms with E-state index < -0.39 is 0 Å². The lowest BCUT2D eigenvalue weighted by Crippen LogP contribution is -2.39. The number of carbonyl (C=O) groups excluding carboxylic acids is 1. The van der Waals surface area contributed by atoms with Crippen LogP contribution in [0.25, 0.3) is 10.8 Å². The molecule has 1 aromatic heterocycles. The molecule has 3 aromatic rings. The topological polar surface area (TPSA) is 48.5 Å². The van der Waals surface area contributed by atoms with E-state index >= 15 is 0 Å². The first-order valence-electron chi connectivity index (χ1n) is 8.70. The maximum absolute atomic E-state index is 12.8. The molecule has 0 aliphatic heterocycles. The van der Waals surface area contributed by atoms with Crippen molar-refractivity contribution in [1.82, 2.24) is 14.8 Å². The fourth-order valence-corrected chi connectivity index (χ4v) is 2.74. The third kappa shape index (κ3) is 4.80. The van der Waals surface area contributed by atoms with Gasteiger partial charge in [-0.3, -0.25) is 4.98 Å². The van der Waals surface area contributed by atoms with Gasteiger partial charge in [0.1, 0.15) is 0 Å². The number of anilines is 1. The van der Waals surface area contributed by atoms with Crippen LogP contribution < -0.4 is 5.32 Å². The van der Waals surface area contributed by atoms with Crippen molar-refractivity contribution in [2.45, 2.75) is 6.54 Å². The van der Waals surface area contributed by atoms with Gasteiger partial charge in [0.15, 0.2) is 0 Å². The van der Waals surface area contributed by atoms with E-state index in [0.29, 0.717) is 13.1 Å². The number of amides is 2. The Morgan fingerprint density at radius 1 is 1.00 bits per heavy atom. The summed E-state index contributed by atoms with van der Waals surface area (Å²) in [5, 5.41) is 5.14. The number of fused-ring (bicyclic) bond motifs is 1. The molecule has 0 saturated carbocycles. The molecule has 0 saturated heterocycles. The molecule has 0 spiro atoms. The van der Waals surface area contributed by atoms with E-state index in [1.807, 2.05) is 79.8 Å². The van der Waals surface area contributed by atoms with Crippen molar-refractivity contribution in [3.8, 4) is 0 Å². The number of nitrogens with zero attached hydrogens (tertiary/aromatic N) is 3. The Morgan fingerprint density at radius 2 is 1.81 bits per heavy atom. The maximum atomic E-state index is 12.8. The van der Waals surface area contributed by atoms with Crippen LogP contribution in [0.4, 0.5) is 10.5 Å². The number of aromatic nitrogens is 1. The quantitative estimate of drug-likeness (QED) is 0.736. The molecule has 1 heterocycles. The number of pyridine rings is 1. The molecular weight excluding hydrogens is 324 g/mol. The summed E-state index contributed by atoms with van der Waals surface area (Å²) in [7, 11) is 4.02. The van der Waals surface area contributed by atoms with Crippen LogP contribution in [-0.2, 0) is 6.54 Å². The van der Waals surface area contributed by atoms with Crippen LogP contribution in [0.5, 0.6) is 0 Å². The number of hydrogen-bond acceptors (Lipinski definition) is 3. The van der Waals surface area contributed by atoms with Gasteiger partial charge >= 0.3 is 6.03 Å². The zero-order valence-corrected chi connectivity index (χ0v) is 15.2. The number of rotatable bonds is 6. The largest absolute Gasteiger partial charge is 0.322 e. The van der Waals surface area contributed by atoms with Crippen LogP contribution in [-0.4, -0.2) is 48.0 Å². The minimum Gasteiger partial charge on any atom is -0.319 e. The third-order valence-electron chi connectivity index (χ3n) is 4.21. The number of hydrogen-bond donors (Lipinski definition) is 1. The molecule has 0 aliphatic carbocycles. The fraction of sp³-hybridized carbons (Fsp3) is 0.238. The number of likely N-dealkylation sites (N-methyl/N-ethyl adjacent to an activating group) is 1. The summed E-state index contributed by atoms with van der Waals surface area (Å²) in [5.74, 6) is 0. The molecule has 0 radical (unpaired) electrons. The van der Waals surface area contributed by atoms with Gasteiger partial charge < -0.3 is 15.1 Å². The van der Waals surface area contributed by atoms with Gasteiger partial charge in [-0.15, -0.1) is 0 Å². The number of carbonyl (C=O) groups is 1. The van der Waals surface area contributed by atoms with E-state index in [4.69, 9.17) is 0 Å². The van der Waals surface area contributed by atoms with Crippen LogP contribution in [0.2, 0.25) is 0 Å². The highest BCUT2D eigenvalue weighted by Crippen LogP contribution is 2.18. The lowest BCUT2D eigenvalue weighted by molar-refractivity contribution is 0.202. The van der Waals surface area contributed by atoms with E-state index in [-0.39, 0.29) is 6.03 Å². The summed E-state index contributed by atoms with van der Waals surface area (Å²) in [6, 6.07) is 17.8. The average molecular weight is 348 g/mol. The van der Waals surface area contributed by atoms with Crippen molar-refractivity contribution in [1.29, 1.82) is 0 Å². The van der Waals surface area contributed by atoms with Gasteiger partial charge in [0.05, 0.1) is 0 Å². The number of urea groups is 1. The first-order chi connectivity index (χ1) is 12.6. The van der Waals surface area contributed by atoms with Gasteiger partial charge in [0, 0.05) is 43.1 Å². The van der Waals surface area contributed by atoms with Crippen LogP contribution in [0, 0.1) is 0 Å². The highest BCUT2D eigenvalue weighted by molar-refractivity contribution is 5.93. The van der Waals surface area contributed by atoms with Crippen molar-refractivity contribution in [3.05, 3.63) is 72.6 Å². The zero-order chi connectivity index (χ0) is 18.4. The molecule has 0 atom stereocenters. The Hall–Kier alpha value is -2.92. The molecule has 26 heavy (non-hydrogen) atoms. The molecule has 2 amide bonds. The van der Waals surface area contributed by atoms with Crippen molar-refractivity contribution in [2.75, 3.05) is 32.5 Å². The van der Waals surface area contributed by atoms with E-state index in [2.05, 4.69) is 15.2 Å². The predicted molar refractivity (Wildman–Crippen MR) is 106 cm³/mol. The summed E-state index contributed by atoms with van der Waals surface area (Å²) in [4.78, 5) is 20.9. The van der Waals surface area contributed by atoms with Crippen LogP contribution in [0.3, 0.4) is 0 Å². The predicted octanol–water partition coefficient (Wildman–Crippen LogP) is 3.83. The van der Waals surface area contributed by atoms with Gasteiger partial charge in [-0.2, -0.15) is 0 Å². The summed E-state index contributed by atoms with van der Waals surface area (Å²) in [6.45, 7) is 2.05. The second-order valence-corrected chi connectivity index (χ2v) is 6.58. The monoisotopic (exact) mass is 348 g/mol. The lowest BCUT2D eigenvalue weighted by Gasteiger charge is -2.25. The highest BCUT2D eigenvalue weighted by atomic mass is 16.2. The molecule has 0 fully saturated rings. The van der Waals surface area contributed by atoms with Gasteiger partial charge in [-0.1, -0.05) is 36.4 Å². The highest BCUT2D eigenvalue weighted by Gasteiger charge is 2.14. The van der Waals surface area contributed by atoms with Gasteiger partial charge in [-0.05, 0) is 43.2 Å². The van der Waals surface area contributed by atoms with E-state index in [1.165, 1.54) is 0 Å². The first kappa shape index (κ1) is 17.9. The van der Waals surface area contributed by atoms with Crippen molar-refractivity contribution in [3.63, 3.8) is 0 Å². The minimum absolute atomic E-state index is 0.0934. The van der Waals surface area contributed by atoms with Gasteiger partial charge in [0.25, 0.3) is 0 Å². The third-order valence-corrected chi connectivity index (χ3v) is 4.21. The van der Waals surface area contributed by atoms with Crippen LogP contribution in [0.15, 0.2) is 67.0 Å². The summed E-state index contributed by atoms with van der Waals surface area (Å²) in [6.07, 6.45) is 3.58. The number of nitrogens with one attached hydrogen (secondary N) is 1. The maximum Gasteiger partial charge on any atom is 0.322 e. The Labute approximate surface area is 154 Å². The average Bonchev–Trinajstić information content (AvgIpc) is 2.65. The normalized spacial score (nSPS) is 10.9. The molecule has 0 bridgehead atoms. The van der Waals surface area contributed by atoms with Crippen molar-refractivity contribution < 1.29 is 4.79 Å². The smallest absolute Gasteiger partial charge is 0.319 e. The SMILES string of the molecule is CN(C)CCN(Cc1ccccc1)C(=O)Nc1ccc2cnccc2c1. The van der Waals surface area contributed by atoms with Gasteiger partial charge in [0.2, 0.25) is 0 Å². The van der Waals surface area contributed by atoms with Crippen molar-refractivity contribution in [2.24, 2.45) is 0 Å². The molecule has 134 valence electrons. The molecule has 3 rings (SSSR count). The Morgan fingerprint density at radius 3 is 2.58 bits per heavy atom. The lowest BCUT2D eigenvalue weighted by atomic mass is 10.1. The molecule has 0 unspecified atom stereocenters. The van der Waals surface area contributed by atoms with Crippen molar-refractivity contribution >= 4 is 22.5 Å². The molecule has 5 nitrogen and oxygen atoms in total. The summed E-state index contributed by atoms with van der Waals surface area (Å²) in [5.41, 5.74) is 1.91. The second-order valence-electron chi connectivity index (χ2n) is 6.58. The number of benzene rings is 2. The molecule has 2 aromatic carbocycles. The summed E-state index contributed by atoms with van der Waals surface area (Å²) >= 11 is 0. The molecule has 5 heteroatoms. The standard InChI is InChI=1S/C21H24N4O/c1-24(2)12-13-25(16-17-6-4-3-5-7-17)21(26)23-20-9-8-19-15-22-11-10-18(19)14-20/h3-11,14-15H,12-13,16H2,1-2H3,(H,23,26). The van der Waals surface area contributed by atoms with Crippen LogP contribution in [0.1, 0.15) is 5.56 Å². The molecular formula is C21H24N4O. The summed E-state index contributed by atoms with van der Waals surface area (Å²) < 4.78 is 0. The molecule has 0 aliphatic rings. The van der Waals surface area contributed by atoms with Crippen LogP contribution >= 0.6 is 0 Å². The van der Waals surface area contributed by atoms with Gasteiger partial charge in [-0.25, -0.2) is 4.79 Å². The second kappa shape index (κ2) is 8.45. The Bertz CT molecular complexity index is 864. The minimum atomic E-state index is -0.0934. The fourth-order valence-electron chi connectivity index (χ4n) is 2.74.